The van der Waals surface area contributed by atoms with Crippen LogP contribution >= 0.6 is 15.9 Å². The molecule has 0 bridgehead atoms. The maximum absolute atomic E-state index is 13.2. The number of rotatable bonds is 4. The number of benzene rings is 3. The molecule has 0 atom stereocenters. The summed E-state index contributed by atoms with van der Waals surface area (Å²) in [6.45, 7) is 3.79. The quantitative estimate of drug-likeness (QED) is 0.643. The Kier molecular flexibility index (Phi) is 5.31. The van der Waals surface area contributed by atoms with Crippen LogP contribution in [0.1, 0.15) is 0 Å². The molecular formula is C21H22BrN3O2S. The Balaban J connectivity index is 1.79. The fourth-order valence-corrected chi connectivity index (χ4v) is 5.10. The second-order valence-corrected chi connectivity index (χ2v) is 9.70. The molecule has 1 aliphatic rings. The van der Waals surface area contributed by atoms with Crippen LogP contribution in [0.15, 0.2) is 70.0 Å². The van der Waals surface area contributed by atoms with E-state index in [9.17, 15) is 8.42 Å². The SMILES string of the molecule is CN(c1ccc(N2CCNCC2)c2ccccc12)S(=O)(=O)c1ccc(Br)cc1. The van der Waals surface area contributed by atoms with Gasteiger partial charge in [0, 0.05) is 54.2 Å². The molecule has 1 aliphatic heterocycles. The van der Waals surface area contributed by atoms with Crippen molar-refractivity contribution in [3.63, 3.8) is 0 Å². The fourth-order valence-electron chi connectivity index (χ4n) is 3.62. The van der Waals surface area contributed by atoms with E-state index in [4.69, 9.17) is 0 Å². The van der Waals surface area contributed by atoms with Gasteiger partial charge in [-0.05, 0) is 36.4 Å². The van der Waals surface area contributed by atoms with Crippen molar-refractivity contribution in [3.8, 4) is 0 Å². The minimum Gasteiger partial charge on any atom is -0.368 e. The van der Waals surface area contributed by atoms with Crippen LogP contribution in [-0.2, 0) is 10.0 Å². The molecule has 28 heavy (non-hydrogen) atoms. The molecule has 0 amide bonds. The number of halogens is 1. The van der Waals surface area contributed by atoms with E-state index in [0.717, 1.165) is 47.1 Å². The van der Waals surface area contributed by atoms with Crippen LogP contribution in [0.3, 0.4) is 0 Å². The Morgan fingerprint density at radius 3 is 2.25 bits per heavy atom. The molecule has 0 saturated carbocycles. The molecular weight excluding hydrogens is 438 g/mol. The number of fused-ring (bicyclic) bond motifs is 1. The third-order valence-corrected chi connectivity index (χ3v) is 7.46. The summed E-state index contributed by atoms with van der Waals surface area (Å²) < 4.78 is 28.6. The predicted octanol–water partition coefficient (Wildman–Crippen LogP) is 3.84. The normalized spacial score (nSPS) is 15.0. The van der Waals surface area contributed by atoms with E-state index in [1.165, 1.54) is 4.31 Å². The number of hydrogen-bond acceptors (Lipinski definition) is 4. The summed E-state index contributed by atoms with van der Waals surface area (Å²) >= 11 is 3.35. The monoisotopic (exact) mass is 459 g/mol. The van der Waals surface area contributed by atoms with Gasteiger partial charge >= 0.3 is 0 Å². The van der Waals surface area contributed by atoms with Gasteiger partial charge in [0.25, 0.3) is 10.0 Å². The smallest absolute Gasteiger partial charge is 0.264 e. The van der Waals surface area contributed by atoms with E-state index in [-0.39, 0.29) is 4.90 Å². The number of hydrogen-bond donors (Lipinski definition) is 1. The minimum absolute atomic E-state index is 0.272. The van der Waals surface area contributed by atoms with Crippen molar-refractivity contribution in [2.75, 3.05) is 42.4 Å². The van der Waals surface area contributed by atoms with E-state index in [1.807, 2.05) is 30.3 Å². The average molecular weight is 460 g/mol. The molecule has 1 fully saturated rings. The van der Waals surface area contributed by atoms with Crippen molar-refractivity contribution in [2.24, 2.45) is 0 Å². The third-order valence-electron chi connectivity index (χ3n) is 5.15. The van der Waals surface area contributed by atoms with Crippen molar-refractivity contribution in [1.82, 2.24) is 5.32 Å². The molecule has 146 valence electrons. The van der Waals surface area contributed by atoms with Gasteiger partial charge in [0.2, 0.25) is 0 Å². The predicted molar refractivity (Wildman–Crippen MR) is 119 cm³/mol. The van der Waals surface area contributed by atoms with Gasteiger partial charge in [0.1, 0.15) is 0 Å². The molecule has 5 nitrogen and oxygen atoms in total. The number of anilines is 2. The van der Waals surface area contributed by atoms with Gasteiger partial charge in [0.05, 0.1) is 10.6 Å². The molecule has 3 aromatic carbocycles. The summed E-state index contributed by atoms with van der Waals surface area (Å²) in [5.74, 6) is 0. The van der Waals surface area contributed by atoms with Crippen molar-refractivity contribution < 1.29 is 8.42 Å². The molecule has 0 aliphatic carbocycles. The second-order valence-electron chi connectivity index (χ2n) is 6.81. The molecule has 0 spiro atoms. The van der Waals surface area contributed by atoms with Gasteiger partial charge in [0.15, 0.2) is 0 Å². The summed E-state index contributed by atoms with van der Waals surface area (Å²) in [7, 11) is -2.03. The first-order chi connectivity index (χ1) is 13.5. The largest absolute Gasteiger partial charge is 0.368 e. The minimum atomic E-state index is -3.65. The zero-order valence-electron chi connectivity index (χ0n) is 15.6. The van der Waals surface area contributed by atoms with E-state index < -0.39 is 10.0 Å². The first-order valence-corrected chi connectivity index (χ1v) is 11.4. The Morgan fingerprint density at radius 1 is 0.929 bits per heavy atom. The molecule has 0 radical (unpaired) electrons. The Morgan fingerprint density at radius 2 is 1.57 bits per heavy atom. The van der Waals surface area contributed by atoms with Crippen molar-refractivity contribution in [1.29, 1.82) is 0 Å². The maximum Gasteiger partial charge on any atom is 0.264 e. The highest BCUT2D eigenvalue weighted by Crippen LogP contribution is 2.36. The van der Waals surface area contributed by atoms with Gasteiger partial charge in [-0.25, -0.2) is 8.42 Å². The molecule has 1 heterocycles. The summed E-state index contributed by atoms with van der Waals surface area (Å²) in [5, 5.41) is 5.37. The van der Waals surface area contributed by atoms with Gasteiger partial charge in [-0.15, -0.1) is 0 Å². The van der Waals surface area contributed by atoms with Crippen LogP contribution in [-0.4, -0.2) is 41.6 Å². The summed E-state index contributed by atoms with van der Waals surface area (Å²) in [6.07, 6.45) is 0. The lowest BCUT2D eigenvalue weighted by molar-refractivity contribution is 0.590. The van der Waals surface area contributed by atoms with Gasteiger partial charge in [-0.3, -0.25) is 4.31 Å². The molecule has 0 aromatic heterocycles. The zero-order valence-corrected chi connectivity index (χ0v) is 18.0. The third kappa shape index (κ3) is 3.50. The van der Waals surface area contributed by atoms with Crippen molar-refractivity contribution in [2.45, 2.75) is 4.90 Å². The van der Waals surface area contributed by atoms with Gasteiger partial charge in [-0.2, -0.15) is 0 Å². The fraction of sp³-hybridized carbons (Fsp3) is 0.238. The first-order valence-electron chi connectivity index (χ1n) is 9.20. The number of piperazine rings is 1. The standard InChI is InChI=1S/C21H22BrN3O2S/c1-24(28(26,27)17-8-6-16(22)7-9-17)20-10-11-21(25-14-12-23-13-15-25)19-5-3-2-4-18(19)20/h2-11,23H,12-15H2,1H3. The highest BCUT2D eigenvalue weighted by atomic mass is 79.9. The van der Waals surface area contributed by atoms with Crippen LogP contribution < -0.4 is 14.5 Å². The van der Waals surface area contributed by atoms with E-state index >= 15 is 0 Å². The number of nitrogens with zero attached hydrogens (tertiary/aromatic N) is 2. The molecule has 1 N–H and O–H groups in total. The van der Waals surface area contributed by atoms with Gasteiger partial charge < -0.3 is 10.2 Å². The topological polar surface area (TPSA) is 52.6 Å². The second kappa shape index (κ2) is 7.73. The molecule has 7 heteroatoms. The summed E-state index contributed by atoms with van der Waals surface area (Å²) in [6, 6.07) is 18.7. The van der Waals surface area contributed by atoms with Crippen LogP contribution in [0.4, 0.5) is 11.4 Å². The first kappa shape index (κ1) is 19.2. The maximum atomic E-state index is 13.2. The van der Waals surface area contributed by atoms with Crippen LogP contribution in [0.2, 0.25) is 0 Å². The van der Waals surface area contributed by atoms with E-state index in [1.54, 1.807) is 31.3 Å². The lowest BCUT2D eigenvalue weighted by Crippen LogP contribution is -2.43. The Bertz CT molecular complexity index is 1090. The van der Waals surface area contributed by atoms with Crippen LogP contribution in [0.25, 0.3) is 10.8 Å². The Hall–Kier alpha value is -2.09. The highest BCUT2D eigenvalue weighted by Gasteiger charge is 2.24. The highest BCUT2D eigenvalue weighted by molar-refractivity contribution is 9.10. The molecule has 3 aromatic rings. The lowest BCUT2D eigenvalue weighted by atomic mass is 10.1. The van der Waals surface area contributed by atoms with Crippen molar-refractivity contribution >= 4 is 48.1 Å². The zero-order chi connectivity index (χ0) is 19.7. The average Bonchev–Trinajstić information content (AvgIpc) is 2.73. The van der Waals surface area contributed by atoms with E-state index in [0.29, 0.717) is 5.69 Å². The van der Waals surface area contributed by atoms with Crippen LogP contribution in [0.5, 0.6) is 0 Å². The van der Waals surface area contributed by atoms with Crippen LogP contribution in [0, 0.1) is 0 Å². The molecule has 1 saturated heterocycles. The number of sulfonamides is 1. The van der Waals surface area contributed by atoms with E-state index in [2.05, 4.69) is 32.2 Å². The number of nitrogens with one attached hydrogen (secondary N) is 1. The summed E-state index contributed by atoms with van der Waals surface area (Å²) in [5.41, 5.74) is 1.83. The summed E-state index contributed by atoms with van der Waals surface area (Å²) in [4.78, 5) is 2.62. The molecule has 0 unspecified atom stereocenters. The molecule has 4 rings (SSSR count). The van der Waals surface area contributed by atoms with Crippen molar-refractivity contribution in [3.05, 3.63) is 65.1 Å². The Labute approximate surface area is 174 Å². The van der Waals surface area contributed by atoms with Gasteiger partial charge in [-0.1, -0.05) is 40.2 Å². The lowest BCUT2D eigenvalue weighted by Gasteiger charge is -2.31.